The molecule has 0 radical (unpaired) electrons. The topological polar surface area (TPSA) is 64.7 Å². The number of likely N-dealkylation sites (N-methyl/N-ethyl adjacent to an activating group) is 1. The second-order valence-corrected chi connectivity index (χ2v) is 8.54. The van der Waals surface area contributed by atoms with Crippen LogP contribution >= 0.6 is 0 Å². The van der Waals surface area contributed by atoms with Crippen molar-refractivity contribution in [3.05, 3.63) is 59.7 Å². The van der Waals surface area contributed by atoms with E-state index in [1.807, 2.05) is 45.0 Å². The number of urea groups is 1. The van der Waals surface area contributed by atoms with Crippen molar-refractivity contribution < 1.29 is 9.59 Å². The largest absolute Gasteiger partial charge is 0.367 e. The summed E-state index contributed by atoms with van der Waals surface area (Å²) in [5.74, 6) is -0.183. The molecule has 2 N–H and O–H groups in total. The average molecular weight is 395 g/mol. The molecule has 3 amide bonds. The van der Waals surface area contributed by atoms with Gasteiger partial charge in [0.1, 0.15) is 6.54 Å². The normalized spacial score (nSPS) is 13.0. The predicted molar refractivity (Wildman–Crippen MR) is 117 cm³/mol. The second-order valence-electron chi connectivity index (χ2n) is 8.54. The molecule has 0 saturated heterocycles. The van der Waals surface area contributed by atoms with Gasteiger partial charge in [0.05, 0.1) is 0 Å². The molecular weight excluding hydrogens is 364 g/mol. The first-order valence-electron chi connectivity index (χ1n) is 9.97. The highest BCUT2D eigenvalue weighted by Gasteiger charge is 2.21. The lowest BCUT2D eigenvalue weighted by atomic mass is 10.1. The van der Waals surface area contributed by atoms with E-state index in [1.54, 1.807) is 7.05 Å². The van der Waals surface area contributed by atoms with Crippen LogP contribution in [0.25, 0.3) is 0 Å². The molecule has 0 unspecified atom stereocenters. The fourth-order valence-electron chi connectivity index (χ4n) is 3.51. The highest BCUT2D eigenvalue weighted by Crippen LogP contribution is 2.30. The number of hydrogen-bond acceptors (Lipinski definition) is 3. The molecule has 1 aliphatic rings. The maximum absolute atomic E-state index is 12.6. The number of fused-ring (bicyclic) bond motifs is 1. The fraction of sp³-hybridized carbons (Fsp3) is 0.391. The van der Waals surface area contributed by atoms with Crippen molar-refractivity contribution >= 4 is 23.3 Å². The maximum Gasteiger partial charge on any atom is 0.322 e. The van der Waals surface area contributed by atoms with Gasteiger partial charge in [0.2, 0.25) is 5.91 Å². The number of nitrogens with one attached hydrogen (secondary N) is 2. The summed E-state index contributed by atoms with van der Waals surface area (Å²) in [7, 11) is 1.62. The minimum atomic E-state index is -0.326. The van der Waals surface area contributed by atoms with Gasteiger partial charge in [-0.15, -0.1) is 0 Å². The number of carbonyl (C=O) groups excluding carboxylic acids is 2. The van der Waals surface area contributed by atoms with Gasteiger partial charge in [-0.1, -0.05) is 36.4 Å². The van der Waals surface area contributed by atoms with Gasteiger partial charge < -0.3 is 20.4 Å². The first-order valence-corrected chi connectivity index (χ1v) is 9.97. The molecule has 0 saturated carbocycles. The molecule has 29 heavy (non-hydrogen) atoms. The molecular formula is C23H30N4O2. The predicted octanol–water partition coefficient (Wildman–Crippen LogP) is 3.63. The molecule has 0 aromatic heterocycles. The van der Waals surface area contributed by atoms with E-state index in [4.69, 9.17) is 0 Å². The van der Waals surface area contributed by atoms with Crippen molar-refractivity contribution in [2.75, 3.05) is 30.4 Å². The summed E-state index contributed by atoms with van der Waals surface area (Å²) in [5.41, 5.74) is 4.10. The number of hydrogen-bond donors (Lipinski definition) is 2. The molecule has 0 spiro atoms. The smallest absolute Gasteiger partial charge is 0.322 e. The zero-order valence-corrected chi connectivity index (χ0v) is 17.7. The van der Waals surface area contributed by atoms with E-state index < -0.39 is 0 Å². The van der Waals surface area contributed by atoms with E-state index in [2.05, 4.69) is 39.8 Å². The summed E-state index contributed by atoms with van der Waals surface area (Å²) < 4.78 is 0. The van der Waals surface area contributed by atoms with Gasteiger partial charge in [0, 0.05) is 37.1 Å². The number of para-hydroxylation sites is 2. The minimum Gasteiger partial charge on any atom is -0.367 e. The zero-order chi connectivity index (χ0) is 21.0. The van der Waals surface area contributed by atoms with Crippen molar-refractivity contribution in [2.45, 2.75) is 39.3 Å². The van der Waals surface area contributed by atoms with Crippen LogP contribution in [0, 0.1) is 0 Å². The second kappa shape index (κ2) is 8.55. The van der Waals surface area contributed by atoms with E-state index in [0.717, 1.165) is 30.8 Å². The van der Waals surface area contributed by atoms with Crippen LogP contribution in [0.4, 0.5) is 16.2 Å². The van der Waals surface area contributed by atoms with Gasteiger partial charge in [0.25, 0.3) is 0 Å². The number of carbonyl (C=O) groups is 2. The Morgan fingerprint density at radius 3 is 2.52 bits per heavy atom. The highest BCUT2D eigenvalue weighted by atomic mass is 16.2. The summed E-state index contributed by atoms with van der Waals surface area (Å²) in [5, 5.41) is 5.83. The molecule has 2 aromatic rings. The van der Waals surface area contributed by atoms with Crippen LogP contribution in [0.5, 0.6) is 0 Å². The molecule has 1 heterocycles. The maximum atomic E-state index is 12.6. The SMILES string of the molecule is CN(CC(=O)NC(C)(C)C)C(=O)Nc1ccccc1CN1CCc2ccccc21. The molecule has 3 rings (SSSR count). The van der Waals surface area contributed by atoms with Gasteiger partial charge in [0.15, 0.2) is 0 Å². The third-order valence-corrected chi connectivity index (χ3v) is 4.85. The molecule has 6 heteroatoms. The third-order valence-electron chi connectivity index (χ3n) is 4.85. The number of anilines is 2. The Bertz CT molecular complexity index is 888. The number of amides is 3. The monoisotopic (exact) mass is 394 g/mol. The van der Waals surface area contributed by atoms with E-state index >= 15 is 0 Å². The van der Waals surface area contributed by atoms with Crippen LogP contribution in [-0.4, -0.2) is 42.5 Å². The molecule has 6 nitrogen and oxygen atoms in total. The highest BCUT2D eigenvalue weighted by molar-refractivity contribution is 5.93. The van der Waals surface area contributed by atoms with E-state index in [-0.39, 0.29) is 24.0 Å². The van der Waals surface area contributed by atoms with Gasteiger partial charge in [-0.25, -0.2) is 4.79 Å². The first kappa shape index (κ1) is 20.7. The Labute approximate surface area is 172 Å². The van der Waals surface area contributed by atoms with Crippen LogP contribution < -0.4 is 15.5 Å². The van der Waals surface area contributed by atoms with Gasteiger partial charge in [-0.05, 0) is 50.5 Å². The first-order chi connectivity index (χ1) is 13.7. The Morgan fingerprint density at radius 2 is 1.76 bits per heavy atom. The van der Waals surface area contributed by atoms with Gasteiger partial charge >= 0.3 is 6.03 Å². The molecule has 1 aliphatic heterocycles. The molecule has 0 atom stereocenters. The summed E-state index contributed by atoms with van der Waals surface area (Å²) in [6.07, 6.45) is 1.04. The third kappa shape index (κ3) is 5.50. The van der Waals surface area contributed by atoms with E-state index in [0.29, 0.717) is 0 Å². The van der Waals surface area contributed by atoms with Gasteiger partial charge in [-0.2, -0.15) is 0 Å². The fourth-order valence-corrected chi connectivity index (χ4v) is 3.51. The average Bonchev–Trinajstić information content (AvgIpc) is 3.04. The number of nitrogens with zero attached hydrogens (tertiary/aromatic N) is 2. The van der Waals surface area contributed by atoms with Crippen molar-refractivity contribution in [2.24, 2.45) is 0 Å². The van der Waals surface area contributed by atoms with Crippen molar-refractivity contribution in [1.82, 2.24) is 10.2 Å². The Morgan fingerprint density at radius 1 is 1.07 bits per heavy atom. The Balaban J connectivity index is 1.65. The van der Waals surface area contributed by atoms with Crippen LogP contribution in [0.1, 0.15) is 31.9 Å². The zero-order valence-electron chi connectivity index (χ0n) is 17.7. The Kier molecular flexibility index (Phi) is 6.11. The molecule has 0 aliphatic carbocycles. The van der Waals surface area contributed by atoms with E-state index in [1.165, 1.54) is 16.2 Å². The van der Waals surface area contributed by atoms with Crippen molar-refractivity contribution in [3.8, 4) is 0 Å². The standard InChI is InChI=1S/C23H30N4O2/c1-23(2,3)25-21(28)16-26(4)22(29)24-19-11-7-5-10-18(19)15-27-14-13-17-9-6-8-12-20(17)27/h5-12H,13-16H2,1-4H3,(H,24,29)(H,25,28). The summed E-state index contributed by atoms with van der Waals surface area (Å²) in [6.45, 7) is 7.44. The van der Waals surface area contributed by atoms with Crippen molar-refractivity contribution in [3.63, 3.8) is 0 Å². The lowest BCUT2D eigenvalue weighted by molar-refractivity contribution is -0.122. The Hall–Kier alpha value is -3.02. The summed E-state index contributed by atoms with van der Waals surface area (Å²) >= 11 is 0. The quantitative estimate of drug-likeness (QED) is 0.814. The molecule has 2 aromatic carbocycles. The molecule has 0 fully saturated rings. The minimum absolute atomic E-state index is 0.00473. The van der Waals surface area contributed by atoms with Crippen LogP contribution in [0.3, 0.4) is 0 Å². The summed E-state index contributed by atoms with van der Waals surface area (Å²) in [4.78, 5) is 28.4. The van der Waals surface area contributed by atoms with Crippen LogP contribution in [0.15, 0.2) is 48.5 Å². The summed E-state index contributed by atoms with van der Waals surface area (Å²) in [6, 6.07) is 16.0. The molecule has 0 bridgehead atoms. The lowest BCUT2D eigenvalue weighted by Gasteiger charge is -2.24. The number of rotatable bonds is 5. The number of benzene rings is 2. The van der Waals surface area contributed by atoms with E-state index in [9.17, 15) is 9.59 Å². The van der Waals surface area contributed by atoms with Crippen LogP contribution in [0.2, 0.25) is 0 Å². The van der Waals surface area contributed by atoms with Crippen LogP contribution in [-0.2, 0) is 17.8 Å². The lowest BCUT2D eigenvalue weighted by Crippen LogP contribution is -2.47. The molecule has 154 valence electrons. The van der Waals surface area contributed by atoms with Gasteiger partial charge in [-0.3, -0.25) is 4.79 Å². The van der Waals surface area contributed by atoms with Crippen molar-refractivity contribution in [1.29, 1.82) is 0 Å².